The van der Waals surface area contributed by atoms with Crippen LogP contribution in [-0.2, 0) is 0 Å². The molecule has 1 N–H and O–H groups in total. The van der Waals surface area contributed by atoms with Gasteiger partial charge in [-0.15, -0.1) is 0 Å². The Hall–Kier alpha value is -1.88. The normalized spacial score (nSPS) is 11.0. The van der Waals surface area contributed by atoms with E-state index < -0.39 is 11.8 Å². The molecule has 4 nitrogen and oxygen atoms in total. The van der Waals surface area contributed by atoms with Crippen molar-refractivity contribution in [2.45, 2.75) is 19.8 Å². The molecule has 0 aliphatic heterocycles. The summed E-state index contributed by atoms with van der Waals surface area (Å²) in [7, 11) is 0. The lowest BCUT2D eigenvalue weighted by molar-refractivity contribution is 0.0690. The van der Waals surface area contributed by atoms with Crippen molar-refractivity contribution in [2.75, 3.05) is 0 Å². The van der Waals surface area contributed by atoms with Crippen LogP contribution in [-0.4, -0.2) is 20.9 Å². The topological polar surface area (TPSA) is 55.1 Å². The van der Waals surface area contributed by atoms with Gasteiger partial charge in [0.15, 0.2) is 5.69 Å². The average molecular weight is 283 g/mol. The predicted molar refractivity (Wildman–Crippen MR) is 69.6 cm³/mol. The van der Waals surface area contributed by atoms with Crippen LogP contribution in [0.3, 0.4) is 0 Å². The van der Waals surface area contributed by atoms with Crippen molar-refractivity contribution < 1.29 is 14.3 Å². The molecule has 2 rings (SSSR count). The lowest BCUT2D eigenvalue weighted by Crippen LogP contribution is -2.06. The number of rotatable bonds is 3. The summed E-state index contributed by atoms with van der Waals surface area (Å²) in [6.45, 7) is 3.68. The third-order valence-electron chi connectivity index (χ3n) is 2.69. The minimum absolute atomic E-state index is 0.0470. The molecule has 0 fully saturated rings. The summed E-state index contributed by atoms with van der Waals surface area (Å²) in [5.41, 5.74) is 0.387. The molecule has 0 saturated heterocycles. The molecule has 1 aromatic carbocycles. The standard InChI is InChI=1S/C13H12ClFN2O2/c1-7(2)12-10(14)11(13(18)19)16-17(12)9-6-4-3-5-8(9)15/h3-7H,1-2H3,(H,18,19). The zero-order valence-corrected chi connectivity index (χ0v) is 11.1. The Kier molecular flexibility index (Phi) is 3.57. The first-order valence-electron chi connectivity index (χ1n) is 5.70. The van der Waals surface area contributed by atoms with E-state index >= 15 is 0 Å². The fraction of sp³-hybridized carbons (Fsp3) is 0.231. The molecule has 0 amide bonds. The number of para-hydroxylation sites is 1. The van der Waals surface area contributed by atoms with Crippen LogP contribution in [0, 0.1) is 5.82 Å². The van der Waals surface area contributed by atoms with Crippen LogP contribution >= 0.6 is 11.6 Å². The number of aromatic nitrogens is 2. The minimum Gasteiger partial charge on any atom is -0.476 e. The molecule has 1 heterocycles. The molecule has 0 atom stereocenters. The van der Waals surface area contributed by atoms with Gasteiger partial charge in [-0.1, -0.05) is 37.6 Å². The van der Waals surface area contributed by atoms with Crippen molar-refractivity contribution in [1.29, 1.82) is 0 Å². The van der Waals surface area contributed by atoms with E-state index in [1.54, 1.807) is 12.1 Å². The molecule has 0 saturated carbocycles. The summed E-state index contributed by atoms with van der Waals surface area (Å²) in [4.78, 5) is 11.1. The molecule has 0 bridgehead atoms. The van der Waals surface area contributed by atoms with Gasteiger partial charge in [0.25, 0.3) is 0 Å². The molecule has 1 aromatic heterocycles. The minimum atomic E-state index is -1.23. The molecule has 0 spiro atoms. The maximum atomic E-state index is 13.8. The first kappa shape index (κ1) is 13.5. The fourth-order valence-corrected chi connectivity index (χ4v) is 2.27. The van der Waals surface area contributed by atoms with Gasteiger partial charge in [0.1, 0.15) is 11.5 Å². The summed E-state index contributed by atoms with van der Waals surface area (Å²) >= 11 is 6.04. The lowest BCUT2D eigenvalue weighted by Gasteiger charge is -2.11. The summed E-state index contributed by atoms with van der Waals surface area (Å²) in [5, 5.41) is 13.0. The van der Waals surface area contributed by atoms with Crippen LogP contribution in [0.1, 0.15) is 35.9 Å². The number of hydrogen-bond acceptors (Lipinski definition) is 2. The molecule has 0 radical (unpaired) electrons. The zero-order chi connectivity index (χ0) is 14.2. The van der Waals surface area contributed by atoms with E-state index in [0.29, 0.717) is 5.69 Å². The van der Waals surface area contributed by atoms with Gasteiger partial charge in [-0.2, -0.15) is 5.10 Å². The lowest BCUT2D eigenvalue weighted by atomic mass is 10.1. The van der Waals surface area contributed by atoms with Crippen LogP contribution in [0.5, 0.6) is 0 Å². The monoisotopic (exact) mass is 282 g/mol. The molecular weight excluding hydrogens is 271 g/mol. The highest BCUT2D eigenvalue weighted by atomic mass is 35.5. The Balaban J connectivity index is 2.73. The van der Waals surface area contributed by atoms with E-state index in [9.17, 15) is 9.18 Å². The molecule has 19 heavy (non-hydrogen) atoms. The van der Waals surface area contributed by atoms with Crippen LogP contribution in [0.2, 0.25) is 5.02 Å². The smallest absolute Gasteiger partial charge is 0.358 e. The summed E-state index contributed by atoms with van der Waals surface area (Å²) in [6, 6.07) is 6.02. The number of carboxylic acids is 1. The molecule has 2 aromatic rings. The van der Waals surface area contributed by atoms with Crippen molar-refractivity contribution in [2.24, 2.45) is 0 Å². The molecule has 0 aliphatic carbocycles. The Labute approximate surface area is 114 Å². The van der Waals surface area contributed by atoms with Gasteiger partial charge in [-0.05, 0) is 18.1 Å². The largest absolute Gasteiger partial charge is 0.476 e. The highest BCUT2D eigenvalue weighted by molar-refractivity contribution is 6.34. The number of benzene rings is 1. The molecule has 100 valence electrons. The Morgan fingerprint density at radius 1 is 1.42 bits per heavy atom. The quantitative estimate of drug-likeness (QED) is 0.937. The fourth-order valence-electron chi connectivity index (χ4n) is 1.85. The number of carboxylic acid groups (broad SMARTS) is 1. The van der Waals surface area contributed by atoms with Gasteiger partial charge in [-0.3, -0.25) is 0 Å². The maximum Gasteiger partial charge on any atom is 0.358 e. The van der Waals surface area contributed by atoms with Gasteiger partial charge in [0.2, 0.25) is 0 Å². The highest BCUT2D eigenvalue weighted by Gasteiger charge is 2.24. The van der Waals surface area contributed by atoms with Crippen LogP contribution in [0.4, 0.5) is 4.39 Å². The average Bonchev–Trinajstić information content (AvgIpc) is 2.67. The van der Waals surface area contributed by atoms with Crippen molar-refractivity contribution in [3.8, 4) is 5.69 Å². The Morgan fingerprint density at radius 2 is 2.05 bits per heavy atom. The van der Waals surface area contributed by atoms with E-state index in [-0.39, 0.29) is 22.3 Å². The molecular formula is C13H12ClFN2O2. The second kappa shape index (κ2) is 5.01. The van der Waals surface area contributed by atoms with Gasteiger partial charge in [0, 0.05) is 0 Å². The van der Waals surface area contributed by atoms with Crippen LogP contribution < -0.4 is 0 Å². The Morgan fingerprint density at radius 3 is 2.58 bits per heavy atom. The van der Waals surface area contributed by atoms with Crippen molar-refractivity contribution in [3.63, 3.8) is 0 Å². The van der Waals surface area contributed by atoms with Crippen LogP contribution in [0.15, 0.2) is 24.3 Å². The first-order chi connectivity index (χ1) is 8.93. The third-order valence-corrected chi connectivity index (χ3v) is 3.06. The third kappa shape index (κ3) is 2.33. The van der Waals surface area contributed by atoms with E-state index in [0.717, 1.165) is 0 Å². The molecule has 6 heteroatoms. The number of carbonyl (C=O) groups is 1. The van der Waals surface area contributed by atoms with Gasteiger partial charge >= 0.3 is 5.97 Å². The predicted octanol–water partition coefficient (Wildman–Crippen LogP) is 3.49. The second-order valence-corrected chi connectivity index (χ2v) is 4.75. The van der Waals surface area contributed by atoms with Crippen LogP contribution in [0.25, 0.3) is 5.69 Å². The number of hydrogen-bond donors (Lipinski definition) is 1. The van der Waals surface area contributed by atoms with Gasteiger partial charge < -0.3 is 5.11 Å². The number of nitrogens with zero attached hydrogens (tertiary/aromatic N) is 2. The van der Waals surface area contributed by atoms with E-state index in [2.05, 4.69) is 5.10 Å². The summed E-state index contributed by atoms with van der Waals surface area (Å²) in [6.07, 6.45) is 0. The number of aromatic carboxylic acids is 1. The summed E-state index contributed by atoms with van der Waals surface area (Å²) in [5.74, 6) is -1.81. The summed E-state index contributed by atoms with van der Waals surface area (Å²) < 4.78 is 15.1. The van der Waals surface area contributed by atoms with Gasteiger partial charge in [-0.25, -0.2) is 13.9 Å². The van der Waals surface area contributed by atoms with Crippen molar-refractivity contribution in [1.82, 2.24) is 9.78 Å². The van der Waals surface area contributed by atoms with Gasteiger partial charge in [0.05, 0.1) is 10.7 Å². The van der Waals surface area contributed by atoms with E-state index in [4.69, 9.17) is 16.7 Å². The highest BCUT2D eigenvalue weighted by Crippen LogP contribution is 2.30. The Bertz CT molecular complexity index is 638. The van der Waals surface area contributed by atoms with E-state index in [1.165, 1.54) is 16.8 Å². The number of halogens is 2. The van der Waals surface area contributed by atoms with Crippen molar-refractivity contribution in [3.05, 3.63) is 46.5 Å². The maximum absolute atomic E-state index is 13.8. The second-order valence-electron chi connectivity index (χ2n) is 4.37. The molecule has 0 unspecified atom stereocenters. The zero-order valence-electron chi connectivity index (χ0n) is 10.4. The SMILES string of the molecule is CC(C)c1c(Cl)c(C(=O)O)nn1-c1ccccc1F. The molecule has 0 aliphatic rings. The first-order valence-corrected chi connectivity index (χ1v) is 6.08. The van der Waals surface area contributed by atoms with E-state index in [1.807, 2.05) is 13.8 Å². The van der Waals surface area contributed by atoms with Crippen molar-refractivity contribution >= 4 is 17.6 Å².